The summed E-state index contributed by atoms with van der Waals surface area (Å²) in [6.45, 7) is 1.88. The van der Waals surface area contributed by atoms with Gasteiger partial charge in [-0.25, -0.2) is 4.79 Å². The van der Waals surface area contributed by atoms with Crippen molar-refractivity contribution < 1.29 is 27.7 Å². The monoisotopic (exact) mass is 519 g/mol. The van der Waals surface area contributed by atoms with Crippen molar-refractivity contribution in [2.45, 2.75) is 6.92 Å². The fourth-order valence-electron chi connectivity index (χ4n) is 3.65. The molecule has 0 saturated carbocycles. The van der Waals surface area contributed by atoms with E-state index in [1.165, 1.54) is 0 Å². The lowest BCUT2D eigenvalue weighted by molar-refractivity contribution is 0.0697. The molecule has 6 N–H and O–H groups in total. The number of rotatable bonds is 5. The normalized spacial score (nSPS) is 10.8. The third kappa shape index (κ3) is 7.23. The Morgan fingerprint density at radius 1 is 0.865 bits per heavy atom. The van der Waals surface area contributed by atoms with Crippen LogP contribution in [0.5, 0.6) is 0 Å². The van der Waals surface area contributed by atoms with E-state index in [1.54, 1.807) is 42.5 Å². The predicted molar refractivity (Wildman–Crippen MR) is 144 cm³/mol. The number of aromatic carboxylic acids is 1. The number of benzene rings is 4. The maximum absolute atomic E-state index is 13.2. The summed E-state index contributed by atoms with van der Waals surface area (Å²) in [6, 6.07) is 23.0. The summed E-state index contributed by atoms with van der Waals surface area (Å²) in [6.07, 6.45) is 0.715. The number of fused-ring (bicyclic) bond motifs is 1. The Balaban J connectivity index is 0.000000695. The molecule has 0 aliphatic rings. The minimum atomic E-state index is -3.67. The van der Waals surface area contributed by atoms with Gasteiger partial charge in [0.1, 0.15) is 5.84 Å². The van der Waals surface area contributed by atoms with Gasteiger partial charge < -0.3 is 16.2 Å². The summed E-state index contributed by atoms with van der Waals surface area (Å²) < 4.78 is 25.9. The Labute approximate surface area is 213 Å². The third-order valence-electron chi connectivity index (χ3n) is 5.28. The largest absolute Gasteiger partial charge is 0.478 e. The number of carboxylic acids is 1. The molecular weight excluding hydrogens is 494 g/mol. The lowest BCUT2D eigenvalue weighted by Crippen LogP contribution is -2.15. The van der Waals surface area contributed by atoms with Gasteiger partial charge in [0.2, 0.25) is 0 Å². The zero-order valence-corrected chi connectivity index (χ0v) is 20.8. The van der Waals surface area contributed by atoms with Crippen molar-refractivity contribution in [3.8, 4) is 11.1 Å². The molecule has 4 aromatic rings. The van der Waals surface area contributed by atoms with Crippen LogP contribution in [0, 0.1) is 12.3 Å². The van der Waals surface area contributed by atoms with Crippen molar-refractivity contribution in [1.29, 1.82) is 5.41 Å². The topological polar surface area (TPSA) is 171 Å². The molecule has 0 spiro atoms. The first kappa shape index (κ1) is 27.1. The van der Waals surface area contributed by atoms with Crippen molar-refractivity contribution in [2.24, 2.45) is 5.73 Å². The Morgan fingerprint density at radius 2 is 1.43 bits per heavy atom. The number of nitrogen functional groups attached to an aromatic ring is 1. The first-order chi connectivity index (χ1) is 17.3. The standard InChI is InChI=1S/C26H21N3O3.CH4O3S/c1-15-6-11-20(21-13-17-4-2-3-5-18(17)14-23(21)26(31)32)22(12-15)25(30)29-19-9-7-16(8-10-19)24(27)28;1-5(2,3)4/h2-14H,1H3,(H3,27,28)(H,29,30)(H,31,32);1H3,(H,2,3,4). The van der Waals surface area contributed by atoms with Gasteiger partial charge in [0, 0.05) is 16.8 Å². The van der Waals surface area contributed by atoms with Crippen LogP contribution in [0.25, 0.3) is 21.9 Å². The SMILES string of the molecule is CS(=O)(=O)O.Cc1ccc(-c2cc3ccccc3cc2C(=O)O)c(C(=O)Nc2ccc(C(=N)N)cc2)c1. The van der Waals surface area contributed by atoms with Gasteiger partial charge >= 0.3 is 5.97 Å². The van der Waals surface area contributed by atoms with Crippen LogP contribution < -0.4 is 11.1 Å². The Kier molecular flexibility index (Phi) is 8.06. The van der Waals surface area contributed by atoms with Gasteiger partial charge in [-0.15, -0.1) is 0 Å². The second-order valence-corrected chi connectivity index (χ2v) is 9.74. The highest BCUT2D eigenvalue weighted by atomic mass is 32.2. The summed E-state index contributed by atoms with van der Waals surface area (Å²) in [4.78, 5) is 25.2. The molecule has 0 aromatic heterocycles. The van der Waals surface area contributed by atoms with Crippen LogP contribution in [0.2, 0.25) is 0 Å². The Bertz CT molecular complexity index is 1610. The van der Waals surface area contributed by atoms with Crippen molar-refractivity contribution >= 4 is 44.3 Å². The first-order valence-corrected chi connectivity index (χ1v) is 12.7. The zero-order chi connectivity index (χ0) is 27.3. The summed E-state index contributed by atoms with van der Waals surface area (Å²) in [5.41, 5.74) is 8.99. The summed E-state index contributed by atoms with van der Waals surface area (Å²) in [5.74, 6) is -1.47. The molecule has 10 heteroatoms. The second-order valence-electron chi connectivity index (χ2n) is 8.28. The number of amides is 1. The van der Waals surface area contributed by atoms with Crippen molar-refractivity contribution in [1.82, 2.24) is 0 Å². The molecule has 0 heterocycles. The van der Waals surface area contributed by atoms with E-state index in [0.717, 1.165) is 16.3 Å². The number of amidine groups is 1. The summed E-state index contributed by atoms with van der Waals surface area (Å²) >= 11 is 0. The quantitative estimate of drug-likeness (QED) is 0.146. The molecule has 4 aromatic carbocycles. The third-order valence-corrected chi connectivity index (χ3v) is 5.28. The van der Waals surface area contributed by atoms with Crippen LogP contribution in [0.15, 0.2) is 78.9 Å². The van der Waals surface area contributed by atoms with Crippen molar-refractivity contribution in [3.63, 3.8) is 0 Å². The molecule has 0 fully saturated rings. The number of hydrogen-bond donors (Lipinski definition) is 5. The molecule has 190 valence electrons. The fourth-order valence-corrected chi connectivity index (χ4v) is 3.65. The minimum Gasteiger partial charge on any atom is -0.478 e. The van der Waals surface area contributed by atoms with Gasteiger partial charge in [-0.1, -0.05) is 42.0 Å². The molecule has 0 aliphatic heterocycles. The maximum atomic E-state index is 13.2. The first-order valence-electron chi connectivity index (χ1n) is 10.9. The number of hydrogen-bond acceptors (Lipinski definition) is 5. The molecule has 0 saturated heterocycles. The van der Waals surface area contributed by atoms with Crippen molar-refractivity contribution in [3.05, 3.63) is 101 Å². The second kappa shape index (κ2) is 11.0. The highest BCUT2D eigenvalue weighted by Crippen LogP contribution is 2.32. The lowest BCUT2D eigenvalue weighted by Gasteiger charge is -2.15. The lowest BCUT2D eigenvalue weighted by atomic mass is 9.91. The van der Waals surface area contributed by atoms with Crippen LogP contribution in [-0.2, 0) is 10.1 Å². The van der Waals surface area contributed by atoms with Gasteiger partial charge in [0.15, 0.2) is 0 Å². The van der Waals surface area contributed by atoms with Crippen LogP contribution in [-0.4, -0.2) is 42.0 Å². The summed E-state index contributed by atoms with van der Waals surface area (Å²) in [7, 11) is -3.67. The highest BCUT2D eigenvalue weighted by molar-refractivity contribution is 7.85. The molecule has 0 aliphatic carbocycles. The van der Waals surface area contributed by atoms with Crippen molar-refractivity contribution in [2.75, 3.05) is 11.6 Å². The molecule has 9 nitrogen and oxygen atoms in total. The summed E-state index contributed by atoms with van der Waals surface area (Å²) in [5, 5.41) is 21.9. The number of carbonyl (C=O) groups is 2. The van der Waals surface area contributed by atoms with Crippen LogP contribution >= 0.6 is 0 Å². The van der Waals surface area contributed by atoms with E-state index < -0.39 is 16.1 Å². The van der Waals surface area contributed by atoms with E-state index in [-0.39, 0.29) is 17.3 Å². The van der Waals surface area contributed by atoms with E-state index in [9.17, 15) is 23.1 Å². The van der Waals surface area contributed by atoms with E-state index in [4.69, 9.17) is 15.7 Å². The van der Waals surface area contributed by atoms with Gasteiger partial charge in [-0.05, 0) is 71.3 Å². The number of nitrogens with two attached hydrogens (primary N) is 1. The highest BCUT2D eigenvalue weighted by Gasteiger charge is 2.19. The molecule has 37 heavy (non-hydrogen) atoms. The number of anilines is 1. The van der Waals surface area contributed by atoms with E-state index in [1.807, 2.05) is 43.3 Å². The fraction of sp³-hybridized carbons (Fsp3) is 0.0741. The van der Waals surface area contributed by atoms with Gasteiger partial charge in [-0.3, -0.25) is 14.8 Å². The van der Waals surface area contributed by atoms with Gasteiger partial charge in [-0.2, -0.15) is 8.42 Å². The number of nitrogens with one attached hydrogen (secondary N) is 2. The minimum absolute atomic E-state index is 0.0543. The van der Waals surface area contributed by atoms with E-state index >= 15 is 0 Å². The zero-order valence-electron chi connectivity index (χ0n) is 20.0. The van der Waals surface area contributed by atoms with Crippen LogP contribution in [0.1, 0.15) is 31.8 Å². The molecule has 4 rings (SSSR count). The molecule has 0 unspecified atom stereocenters. The number of aryl methyl sites for hydroxylation is 1. The predicted octanol–water partition coefficient (Wildman–Crippen LogP) is 4.55. The van der Waals surface area contributed by atoms with E-state index in [2.05, 4.69) is 5.32 Å². The molecule has 1 amide bonds. The number of carboxylic acid groups (broad SMARTS) is 1. The molecule has 0 bridgehead atoms. The average Bonchev–Trinajstić information content (AvgIpc) is 2.82. The van der Waals surface area contributed by atoms with Gasteiger partial charge in [0.05, 0.1) is 11.8 Å². The average molecular weight is 520 g/mol. The smallest absolute Gasteiger partial charge is 0.336 e. The molecular formula is C27H25N3O6S. The molecule has 0 atom stereocenters. The van der Waals surface area contributed by atoms with Crippen LogP contribution in [0.4, 0.5) is 5.69 Å². The van der Waals surface area contributed by atoms with Crippen LogP contribution in [0.3, 0.4) is 0 Å². The molecule has 0 radical (unpaired) electrons. The maximum Gasteiger partial charge on any atom is 0.336 e. The number of carbonyl (C=O) groups excluding carboxylic acids is 1. The van der Waals surface area contributed by atoms with Gasteiger partial charge in [0.25, 0.3) is 16.0 Å². The Morgan fingerprint density at radius 3 is 1.97 bits per heavy atom. The Hall–Kier alpha value is -4.54. The van der Waals surface area contributed by atoms with E-state index in [0.29, 0.717) is 34.2 Å².